The van der Waals surface area contributed by atoms with Gasteiger partial charge in [-0.2, -0.15) is 11.3 Å². The molecule has 0 fully saturated rings. The van der Waals surface area contributed by atoms with Crippen LogP contribution < -0.4 is 4.90 Å². The second-order valence-electron chi connectivity index (χ2n) is 4.80. The van der Waals surface area contributed by atoms with E-state index in [4.69, 9.17) is 4.74 Å². The fourth-order valence-electron chi connectivity index (χ4n) is 2.17. The van der Waals surface area contributed by atoms with Gasteiger partial charge in [0.25, 0.3) is 0 Å². The van der Waals surface area contributed by atoms with E-state index in [1.807, 2.05) is 28.5 Å². The Bertz CT molecular complexity index is 758. The van der Waals surface area contributed by atoms with Crippen LogP contribution >= 0.6 is 11.3 Å². The Balaban J connectivity index is 1.86. The lowest BCUT2D eigenvalue weighted by Gasteiger charge is -2.21. The van der Waals surface area contributed by atoms with Gasteiger partial charge in [0, 0.05) is 17.8 Å². The lowest BCUT2D eigenvalue weighted by atomic mass is 10.1. The number of methoxy groups -OCH3 is 1. The first-order chi connectivity index (χ1) is 11.3. The summed E-state index contributed by atoms with van der Waals surface area (Å²) in [6.07, 6.45) is 3.45. The molecule has 116 valence electrons. The van der Waals surface area contributed by atoms with E-state index in [0.29, 0.717) is 18.1 Å². The van der Waals surface area contributed by atoms with E-state index >= 15 is 0 Å². The third-order valence-electron chi connectivity index (χ3n) is 3.33. The molecule has 23 heavy (non-hydrogen) atoms. The molecule has 1 aromatic carbocycles. The van der Waals surface area contributed by atoms with Crippen LogP contribution in [0.1, 0.15) is 15.9 Å². The molecule has 2 aromatic heterocycles. The zero-order chi connectivity index (χ0) is 16.1. The molecule has 3 rings (SSSR count). The van der Waals surface area contributed by atoms with Crippen LogP contribution in [0.15, 0.2) is 59.6 Å². The average Bonchev–Trinajstić information content (AvgIpc) is 3.14. The largest absolute Gasteiger partial charge is 0.465 e. The molecule has 0 radical (unpaired) electrons. The monoisotopic (exact) mass is 325 g/mol. The van der Waals surface area contributed by atoms with Gasteiger partial charge in [0.05, 0.1) is 24.9 Å². The van der Waals surface area contributed by atoms with E-state index in [9.17, 15) is 4.79 Å². The second-order valence-corrected chi connectivity index (χ2v) is 5.59. The number of hydrogen-bond acceptors (Lipinski definition) is 6. The van der Waals surface area contributed by atoms with Crippen molar-refractivity contribution in [1.29, 1.82) is 0 Å². The molecule has 0 aliphatic carbocycles. The lowest BCUT2D eigenvalue weighted by Crippen LogP contribution is -2.18. The van der Waals surface area contributed by atoms with Crippen molar-refractivity contribution in [3.63, 3.8) is 0 Å². The molecule has 0 unspecified atom stereocenters. The highest BCUT2D eigenvalue weighted by molar-refractivity contribution is 7.08. The van der Waals surface area contributed by atoms with Crippen molar-refractivity contribution >= 4 is 28.9 Å². The quantitative estimate of drug-likeness (QED) is 0.670. The van der Waals surface area contributed by atoms with Gasteiger partial charge in [-0.1, -0.05) is 12.1 Å². The Morgan fingerprint density at radius 2 is 1.91 bits per heavy atom. The maximum atomic E-state index is 11.5. The van der Waals surface area contributed by atoms with Crippen LogP contribution in [0.3, 0.4) is 0 Å². The number of hydrogen-bond donors (Lipinski definition) is 0. The summed E-state index contributed by atoms with van der Waals surface area (Å²) in [6, 6.07) is 11.2. The number of aromatic nitrogens is 2. The summed E-state index contributed by atoms with van der Waals surface area (Å²) in [5.74, 6) is 0.306. The lowest BCUT2D eigenvalue weighted by molar-refractivity contribution is 0.0600. The predicted molar refractivity (Wildman–Crippen MR) is 90.0 cm³/mol. The number of nitrogens with zero attached hydrogens (tertiary/aromatic N) is 3. The number of thiophene rings is 1. The SMILES string of the molecule is COC(=O)c1ccc(CN(c2ccsc2)c2ncccn2)cc1. The molecule has 3 aromatic rings. The van der Waals surface area contributed by atoms with Gasteiger partial charge in [-0.15, -0.1) is 0 Å². The molecule has 0 saturated heterocycles. The zero-order valence-electron chi connectivity index (χ0n) is 12.5. The van der Waals surface area contributed by atoms with Crippen molar-refractivity contribution in [2.24, 2.45) is 0 Å². The molecule has 0 saturated carbocycles. The van der Waals surface area contributed by atoms with Crippen molar-refractivity contribution in [1.82, 2.24) is 9.97 Å². The highest BCUT2D eigenvalue weighted by Crippen LogP contribution is 2.26. The molecule has 0 atom stereocenters. The fraction of sp³-hybridized carbons (Fsp3) is 0.118. The van der Waals surface area contributed by atoms with Crippen molar-refractivity contribution < 1.29 is 9.53 Å². The average molecular weight is 325 g/mol. The van der Waals surface area contributed by atoms with Crippen LogP contribution in [0.25, 0.3) is 0 Å². The topological polar surface area (TPSA) is 55.3 Å². The summed E-state index contributed by atoms with van der Waals surface area (Å²) in [5.41, 5.74) is 2.63. The molecule has 5 nitrogen and oxygen atoms in total. The Labute approximate surface area is 138 Å². The summed E-state index contributed by atoms with van der Waals surface area (Å²) in [4.78, 5) is 22.2. The Kier molecular flexibility index (Phi) is 4.63. The van der Waals surface area contributed by atoms with Gasteiger partial charge in [-0.3, -0.25) is 0 Å². The molecular formula is C17H15N3O2S. The number of ether oxygens (including phenoxy) is 1. The number of anilines is 2. The smallest absolute Gasteiger partial charge is 0.337 e. The minimum absolute atomic E-state index is 0.336. The van der Waals surface area contributed by atoms with E-state index in [1.165, 1.54) is 7.11 Å². The first kappa shape index (κ1) is 15.2. The van der Waals surface area contributed by atoms with E-state index < -0.39 is 0 Å². The van der Waals surface area contributed by atoms with Gasteiger partial charge in [0.2, 0.25) is 5.95 Å². The molecule has 6 heteroatoms. The standard InChI is InChI=1S/C17H15N3O2S/c1-22-16(21)14-5-3-13(4-6-14)11-20(15-7-10-23-12-15)17-18-8-2-9-19-17/h2-10,12H,11H2,1H3. The number of carbonyl (C=O) groups excluding carboxylic acids is 1. The minimum Gasteiger partial charge on any atom is -0.465 e. The normalized spacial score (nSPS) is 10.3. The summed E-state index contributed by atoms with van der Waals surface area (Å²) in [7, 11) is 1.38. The maximum Gasteiger partial charge on any atom is 0.337 e. The Hall–Kier alpha value is -2.73. The number of rotatable bonds is 5. The van der Waals surface area contributed by atoms with Gasteiger partial charge in [-0.05, 0) is 35.2 Å². The van der Waals surface area contributed by atoms with Gasteiger partial charge in [-0.25, -0.2) is 14.8 Å². The highest BCUT2D eigenvalue weighted by atomic mass is 32.1. The maximum absolute atomic E-state index is 11.5. The summed E-state index contributed by atoms with van der Waals surface area (Å²) in [6.45, 7) is 0.613. The van der Waals surface area contributed by atoms with Gasteiger partial charge in [0.1, 0.15) is 0 Å². The van der Waals surface area contributed by atoms with Gasteiger partial charge >= 0.3 is 5.97 Å². The van der Waals surface area contributed by atoms with E-state index in [0.717, 1.165) is 11.3 Å². The third-order valence-corrected chi connectivity index (χ3v) is 4.00. The van der Waals surface area contributed by atoms with Gasteiger partial charge < -0.3 is 9.64 Å². The third kappa shape index (κ3) is 3.54. The zero-order valence-corrected chi connectivity index (χ0v) is 13.4. The first-order valence-electron chi connectivity index (χ1n) is 7.02. The molecule has 2 heterocycles. The summed E-state index contributed by atoms with van der Waals surface area (Å²) < 4.78 is 4.72. The molecule has 0 aliphatic rings. The predicted octanol–water partition coefficient (Wildman–Crippen LogP) is 3.66. The van der Waals surface area contributed by atoms with E-state index in [2.05, 4.69) is 15.3 Å². The number of benzene rings is 1. The molecule has 0 bridgehead atoms. The van der Waals surface area contributed by atoms with Crippen LogP contribution in [0, 0.1) is 0 Å². The molecular weight excluding hydrogens is 310 g/mol. The fourth-order valence-corrected chi connectivity index (χ4v) is 2.81. The van der Waals surface area contributed by atoms with Crippen LogP contribution in [0.5, 0.6) is 0 Å². The molecule has 0 N–H and O–H groups in total. The van der Waals surface area contributed by atoms with Crippen LogP contribution in [-0.2, 0) is 11.3 Å². The van der Waals surface area contributed by atoms with Crippen LogP contribution in [-0.4, -0.2) is 23.0 Å². The van der Waals surface area contributed by atoms with Crippen molar-refractivity contribution in [3.05, 3.63) is 70.7 Å². The highest BCUT2D eigenvalue weighted by Gasteiger charge is 2.13. The minimum atomic E-state index is -0.336. The van der Waals surface area contributed by atoms with Gasteiger partial charge in [0.15, 0.2) is 0 Å². The number of esters is 1. The van der Waals surface area contributed by atoms with Crippen molar-refractivity contribution in [2.75, 3.05) is 12.0 Å². The Morgan fingerprint density at radius 1 is 1.17 bits per heavy atom. The first-order valence-corrected chi connectivity index (χ1v) is 7.96. The van der Waals surface area contributed by atoms with Crippen LogP contribution in [0.4, 0.5) is 11.6 Å². The molecule has 0 aliphatic heterocycles. The van der Waals surface area contributed by atoms with Crippen LogP contribution in [0.2, 0.25) is 0 Å². The summed E-state index contributed by atoms with van der Waals surface area (Å²) >= 11 is 1.62. The number of carbonyl (C=O) groups is 1. The summed E-state index contributed by atoms with van der Waals surface area (Å²) in [5, 5.41) is 4.07. The van der Waals surface area contributed by atoms with Crippen molar-refractivity contribution in [3.8, 4) is 0 Å². The van der Waals surface area contributed by atoms with E-state index in [-0.39, 0.29) is 5.97 Å². The molecule has 0 amide bonds. The van der Waals surface area contributed by atoms with E-state index in [1.54, 1.807) is 41.9 Å². The Morgan fingerprint density at radius 3 is 2.52 bits per heavy atom. The van der Waals surface area contributed by atoms with Crippen molar-refractivity contribution in [2.45, 2.75) is 6.54 Å². The second kappa shape index (κ2) is 7.02. The molecule has 0 spiro atoms.